The topological polar surface area (TPSA) is 126 Å². The molecule has 2 heterocycles. The zero-order valence-electron chi connectivity index (χ0n) is 20.1. The number of anilines is 1. The maximum atomic E-state index is 13.0. The number of hydrogen-bond donors (Lipinski definition) is 2. The van der Waals surface area contributed by atoms with Crippen molar-refractivity contribution in [3.63, 3.8) is 0 Å². The van der Waals surface area contributed by atoms with E-state index in [1.807, 2.05) is 42.5 Å². The van der Waals surface area contributed by atoms with E-state index in [9.17, 15) is 24.8 Å². The molecule has 9 nitrogen and oxygen atoms in total. The van der Waals surface area contributed by atoms with Gasteiger partial charge in [0.15, 0.2) is 5.75 Å². The Labute approximate surface area is 222 Å². The molecule has 0 aliphatic carbocycles. The van der Waals surface area contributed by atoms with E-state index >= 15 is 0 Å². The second kappa shape index (κ2) is 10.5. The highest BCUT2D eigenvalue weighted by molar-refractivity contribution is 6.30. The number of carbonyl (C=O) groups is 2. The number of pyridine rings is 1. The average molecular weight is 531 g/mol. The first-order valence-electron chi connectivity index (χ1n) is 12.0. The quantitative estimate of drug-likeness (QED) is 0.191. The first kappa shape index (κ1) is 25.2. The molecule has 1 aliphatic rings. The van der Waals surface area contributed by atoms with Crippen LogP contribution in [0.15, 0.2) is 72.8 Å². The molecule has 38 heavy (non-hydrogen) atoms. The van der Waals surface area contributed by atoms with Gasteiger partial charge in [0, 0.05) is 35.8 Å². The Balaban J connectivity index is 1.22. The molecule has 0 atom stereocenters. The fraction of sp³-hybridized carbons (Fsp3) is 0.179. The number of likely N-dealkylation sites (tertiary alicyclic amines) is 1. The fourth-order valence-corrected chi connectivity index (χ4v) is 4.97. The summed E-state index contributed by atoms with van der Waals surface area (Å²) in [4.78, 5) is 42.1. The standard InChI is InChI=1S/C28H23ClN4O5/c29-26-16-22(21-3-1-2-4-23(21)31-26)27(35)30-20-8-5-17(6-9-20)18-11-13-32(14-12-18)28(36)19-7-10-25(34)24(15-19)33(37)38/h1-10,15-16,18,34H,11-14H2,(H,30,35). The largest absolute Gasteiger partial charge is 0.502 e. The van der Waals surface area contributed by atoms with Gasteiger partial charge in [0.2, 0.25) is 0 Å². The zero-order chi connectivity index (χ0) is 26.8. The van der Waals surface area contributed by atoms with Crippen LogP contribution in [-0.2, 0) is 0 Å². The summed E-state index contributed by atoms with van der Waals surface area (Å²) in [7, 11) is 0. The van der Waals surface area contributed by atoms with Gasteiger partial charge in [-0.25, -0.2) is 4.98 Å². The van der Waals surface area contributed by atoms with Gasteiger partial charge >= 0.3 is 5.69 Å². The number of amides is 2. The molecule has 1 saturated heterocycles. The van der Waals surface area contributed by atoms with Crippen molar-refractivity contribution in [1.82, 2.24) is 9.88 Å². The molecule has 192 valence electrons. The number of fused-ring (bicyclic) bond motifs is 1. The number of phenolic OH excluding ortho intramolecular Hbond substituents is 1. The molecule has 3 aromatic carbocycles. The summed E-state index contributed by atoms with van der Waals surface area (Å²) in [6.07, 6.45) is 1.47. The number of piperidine rings is 1. The van der Waals surface area contributed by atoms with Crippen LogP contribution in [0.25, 0.3) is 10.9 Å². The van der Waals surface area contributed by atoms with Crippen molar-refractivity contribution >= 4 is 45.7 Å². The molecule has 5 rings (SSSR count). The van der Waals surface area contributed by atoms with Crippen molar-refractivity contribution in [2.75, 3.05) is 18.4 Å². The molecule has 1 aliphatic heterocycles. The smallest absolute Gasteiger partial charge is 0.311 e. The van der Waals surface area contributed by atoms with Gasteiger partial charge in [0.25, 0.3) is 11.8 Å². The number of benzene rings is 3. The van der Waals surface area contributed by atoms with Crippen molar-refractivity contribution in [1.29, 1.82) is 0 Å². The number of nitrogens with one attached hydrogen (secondary N) is 1. The number of aromatic nitrogens is 1. The molecule has 10 heteroatoms. The Hall–Kier alpha value is -4.50. The monoisotopic (exact) mass is 530 g/mol. The maximum Gasteiger partial charge on any atom is 0.311 e. The van der Waals surface area contributed by atoms with Crippen LogP contribution < -0.4 is 5.32 Å². The zero-order valence-corrected chi connectivity index (χ0v) is 20.9. The van der Waals surface area contributed by atoms with Crippen molar-refractivity contribution < 1.29 is 19.6 Å². The summed E-state index contributed by atoms with van der Waals surface area (Å²) < 4.78 is 0. The van der Waals surface area contributed by atoms with Crippen molar-refractivity contribution in [2.24, 2.45) is 0 Å². The number of phenols is 1. The van der Waals surface area contributed by atoms with Gasteiger partial charge in [-0.2, -0.15) is 0 Å². The Morgan fingerprint density at radius 2 is 1.74 bits per heavy atom. The van der Waals surface area contributed by atoms with E-state index in [0.717, 1.165) is 24.5 Å². The van der Waals surface area contributed by atoms with Crippen LogP contribution >= 0.6 is 11.6 Å². The van der Waals surface area contributed by atoms with Crippen LogP contribution in [0.5, 0.6) is 5.75 Å². The highest BCUT2D eigenvalue weighted by Crippen LogP contribution is 2.31. The Morgan fingerprint density at radius 1 is 1.03 bits per heavy atom. The van der Waals surface area contributed by atoms with Crippen LogP contribution in [0, 0.1) is 10.1 Å². The lowest BCUT2D eigenvalue weighted by atomic mass is 9.89. The number of nitrogens with zero attached hydrogens (tertiary/aromatic N) is 3. The lowest BCUT2D eigenvalue weighted by Crippen LogP contribution is -2.37. The third-order valence-electron chi connectivity index (χ3n) is 6.77. The molecule has 1 fully saturated rings. The van der Waals surface area contributed by atoms with E-state index in [4.69, 9.17) is 11.6 Å². The third-order valence-corrected chi connectivity index (χ3v) is 6.96. The summed E-state index contributed by atoms with van der Waals surface area (Å²) in [5.41, 5.74) is 2.54. The van der Waals surface area contributed by atoms with Gasteiger partial charge in [-0.05, 0) is 60.7 Å². The van der Waals surface area contributed by atoms with Crippen molar-refractivity contribution in [2.45, 2.75) is 18.8 Å². The minimum Gasteiger partial charge on any atom is -0.502 e. The molecular formula is C28H23ClN4O5. The highest BCUT2D eigenvalue weighted by Gasteiger charge is 2.26. The predicted molar refractivity (Wildman–Crippen MR) is 144 cm³/mol. The Kier molecular flexibility index (Phi) is 6.93. The van der Waals surface area contributed by atoms with Crippen LogP contribution in [-0.4, -0.2) is 44.8 Å². The highest BCUT2D eigenvalue weighted by atomic mass is 35.5. The fourth-order valence-electron chi connectivity index (χ4n) is 4.77. The summed E-state index contributed by atoms with van der Waals surface area (Å²) in [6.45, 7) is 1.01. The van der Waals surface area contributed by atoms with E-state index in [2.05, 4.69) is 10.3 Å². The third kappa shape index (κ3) is 5.14. The molecule has 4 aromatic rings. The van der Waals surface area contributed by atoms with E-state index in [0.29, 0.717) is 35.2 Å². The Morgan fingerprint density at radius 3 is 2.45 bits per heavy atom. The van der Waals surface area contributed by atoms with Gasteiger partial charge in [-0.3, -0.25) is 19.7 Å². The molecule has 0 saturated carbocycles. The lowest BCUT2D eigenvalue weighted by Gasteiger charge is -2.32. The lowest BCUT2D eigenvalue weighted by molar-refractivity contribution is -0.385. The van der Waals surface area contributed by atoms with E-state index in [-0.39, 0.29) is 28.4 Å². The van der Waals surface area contributed by atoms with Gasteiger partial charge in [0.1, 0.15) is 5.15 Å². The van der Waals surface area contributed by atoms with Gasteiger partial charge in [-0.1, -0.05) is 41.9 Å². The van der Waals surface area contributed by atoms with Crippen molar-refractivity contribution in [3.05, 3.63) is 105 Å². The molecule has 1 aromatic heterocycles. The number of aromatic hydroxyl groups is 1. The molecule has 0 spiro atoms. The summed E-state index contributed by atoms with van der Waals surface area (Å²) >= 11 is 6.12. The van der Waals surface area contributed by atoms with Gasteiger partial charge in [0.05, 0.1) is 16.0 Å². The maximum absolute atomic E-state index is 13.0. The van der Waals surface area contributed by atoms with Crippen molar-refractivity contribution in [3.8, 4) is 5.75 Å². The summed E-state index contributed by atoms with van der Waals surface area (Å²) in [5.74, 6) is -0.809. The van der Waals surface area contributed by atoms with E-state index < -0.39 is 16.4 Å². The van der Waals surface area contributed by atoms with Crippen LogP contribution in [0.1, 0.15) is 45.0 Å². The number of rotatable bonds is 5. The number of halogens is 1. The predicted octanol–water partition coefficient (Wildman–Crippen LogP) is 5.77. The first-order chi connectivity index (χ1) is 18.3. The number of hydrogen-bond acceptors (Lipinski definition) is 6. The molecular weight excluding hydrogens is 508 g/mol. The van der Waals surface area contributed by atoms with Crippen LogP contribution in [0.4, 0.5) is 11.4 Å². The van der Waals surface area contributed by atoms with Gasteiger partial charge < -0.3 is 15.3 Å². The minimum atomic E-state index is -0.709. The molecule has 0 bridgehead atoms. The number of carbonyl (C=O) groups excluding carboxylic acids is 2. The number of nitro benzene ring substituents is 1. The molecule has 0 unspecified atom stereocenters. The minimum absolute atomic E-state index is 0.177. The van der Waals surface area contributed by atoms with Crippen LogP contribution in [0.3, 0.4) is 0 Å². The normalized spacial score (nSPS) is 13.9. The summed E-state index contributed by atoms with van der Waals surface area (Å²) in [6, 6.07) is 20.2. The van der Waals surface area contributed by atoms with Crippen LogP contribution in [0.2, 0.25) is 5.15 Å². The van der Waals surface area contributed by atoms with E-state index in [1.54, 1.807) is 17.0 Å². The molecule has 2 amide bonds. The summed E-state index contributed by atoms with van der Waals surface area (Å²) in [5, 5.41) is 24.6. The average Bonchev–Trinajstić information content (AvgIpc) is 2.93. The SMILES string of the molecule is O=C(Nc1ccc(C2CCN(C(=O)c3ccc(O)c([N+](=O)[O-])c3)CC2)cc1)c1cc(Cl)nc2ccccc12. The van der Waals surface area contributed by atoms with Gasteiger partial charge in [-0.15, -0.1) is 0 Å². The second-order valence-electron chi connectivity index (χ2n) is 9.11. The number of nitro groups is 1. The molecule has 0 radical (unpaired) electrons. The molecule has 2 N–H and O–H groups in total. The Bertz CT molecular complexity index is 1550. The number of para-hydroxylation sites is 1. The van der Waals surface area contributed by atoms with E-state index in [1.165, 1.54) is 12.1 Å². The first-order valence-corrected chi connectivity index (χ1v) is 12.4. The second-order valence-corrected chi connectivity index (χ2v) is 9.50.